The normalized spacial score (nSPS) is 11.6. The molecule has 0 bridgehead atoms. The number of anilines is 1. The Kier molecular flexibility index (Phi) is 7.85. The number of methoxy groups -OCH3 is 1. The van der Waals surface area contributed by atoms with Gasteiger partial charge in [-0.25, -0.2) is 4.79 Å². The van der Waals surface area contributed by atoms with Gasteiger partial charge in [-0.2, -0.15) is 5.26 Å². The average Bonchev–Trinajstić information content (AvgIpc) is 2.59. The molecule has 0 aromatic heterocycles. The van der Waals surface area contributed by atoms with Crippen molar-refractivity contribution >= 4 is 17.6 Å². The van der Waals surface area contributed by atoms with Crippen LogP contribution in [0, 0.1) is 16.7 Å². The Morgan fingerprint density at radius 2 is 2.00 bits per heavy atom. The molecular weight excluding hydrogens is 346 g/mol. The van der Waals surface area contributed by atoms with Crippen molar-refractivity contribution in [1.82, 2.24) is 5.32 Å². The highest BCUT2D eigenvalue weighted by atomic mass is 16.5. The van der Waals surface area contributed by atoms with Gasteiger partial charge in [0.05, 0.1) is 18.2 Å². The molecule has 0 heterocycles. The summed E-state index contributed by atoms with van der Waals surface area (Å²) in [5.41, 5.74) is 0.542. The molecule has 1 rings (SSSR count). The van der Waals surface area contributed by atoms with Gasteiger partial charge in [-0.1, -0.05) is 6.07 Å². The molecule has 27 heavy (non-hydrogen) atoms. The lowest BCUT2D eigenvalue weighted by Gasteiger charge is -2.25. The van der Waals surface area contributed by atoms with Crippen LogP contribution >= 0.6 is 0 Å². The number of ether oxygens (including phenoxy) is 2. The summed E-state index contributed by atoms with van der Waals surface area (Å²) in [5, 5.41) is 15.4. The van der Waals surface area contributed by atoms with E-state index >= 15 is 0 Å². The van der Waals surface area contributed by atoms with Crippen molar-refractivity contribution in [2.45, 2.75) is 40.7 Å². The van der Waals surface area contributed by atoms with Gasteiger partial charge in [-0.3, -0.25) is 4.79 Å². The molecule has 0 spiro atoms. The summed E-state index contributed by atoms with van der Waals surface area (Å²) < 4.78 is 10.4. The van der Waals surface area contributed by atoms with E-state index in [4.69, 9.17) is 4.74 Å². The van der Waals surface area contributed by atoms with Crippen molar-refractivity contribution in [3.63, 3.8) is 0 Å². The van der Waals surface area contributed by atoms with E-state index in [-0.39, 0.29) is 24.1 Å². The van der Waals surface area contributed by atoms with Crippen molar-refractivity contribution in [3.8, 4) is 11.8 Å². The number of nitrogens with one attached hydrogen (secondary N) is 2. The summed E-state index contributed by atoms with van der Waals surface area (Å²) in [6.07, 6.45) is 1.29. The Balaban J connectivity index is 2.98. The maximum Gasteiger partial charge on any atom is 0.332 e. The van der Waals surface area contributed by atoms with E-state index in [1.165, 1.54) is 13.2 Å². The highest BCUT2D eigenvalue weighted by Gasteiger charge is 2.29. The number of rotatable bonds is 8. The highest BCUT2D eigenvalue weighted by molar-refractivity contribution is 5.83. The standard InChI is InChI=1S/C20H27N3O4/c1-13(2)22-19(25)20(4,5)12-27-17-9-7-8-16(15(17)11-21)23-14(3)10-18(24)26-6/h7-10,13,23H,12H2,1-6H3,(H,22,25)/b14-10-. The number of amides is 1. The fourth-order valence-corrected chi connectivity index (χ4v) is 2.14. The largest absolute Gasteiger partial charge is 0.491 e. The third kappa shape index (κ3) is 6.66. The van der Waals surface area contributed by atoms with Crippen molar-refractivity contribution in [2.24, 2.45) is 5.41 Å². The highest BCUT2D eigenvalue weighted by Crippen LogP contribution is 2.28. The molecule has 0 radical (unpaired) electrons. The van der Waals surface area contributed by atoms with E-state index in [1.807, 2.05) is 13.8 Å². The minimum Gasteiger partial charge on any atom is -0.491 e. The zero-order valence-corrected chi connectivity index (χ0v) is 16.7. The number of carbonyl (C=O) groups excluding carboxylic acids is 2. The van der Waals surface area contributed by atoms with Crippen LogP contribution in [-0.2, 0) is 14.3 Å². The smallest absolute Gasteiger partial charge is 0.332 e. The number of nitrogens with zero attached hydrogens (tertiary/aromatic N) is 1. The molecule has 0 saturated heterocycles. The fourth-order valence-electron chi connectivity index (χ4n) is 2.14. The number of nitriles is 1. The molecule has 7 heteroatoms. The number of esters is 1. The van der Waals surface area contributed by atoms with Gasteiger partial charge in [0.1, 0.15) is 24.0 Å². The van der Waals surface area contributed by atoms with Crippen molar-refractivity contribution in [2.75, 3.05) is 19.0 Å². The Labute approximate surface area is 160 Å². The van der Waals surface area contributed by atoms with Crippen LogP contribution in [0.5, 0.6) is 5.75 Å². The lowest BCUT2D eigenvalue weighted by Crippen LogP contribution is -2.43. The third-order valence-electron chi connectivity index (χ3n) is 3.63. The molecule has 7 nitrogen and oxygen atoms in total. The summed E-state index contributed by atoms with van der Waals surface area (Å²) in [4.78, 5) is 23.6. The number of hydrogen-bond donors (Lipinski definition) is 2. The minimum atomic E-state index is -0.763. The summed E-state index contributed by atoms with van der Waals surface area (Å²) >= 11 is 0. The predicted octanol–water partition coefficient (Wildman–Crippen LogP) is 2.98. The van der Waals surface area contributed by atoms with E-state index in [2.05, 4.69) is 21.4 Å². The maximum atomic E-state index is 12.3. The second-order valence-corrected chi connectivity index (χ2v) is 7.07. The van der Waals surface area contributed by atoms with Crippen LogP contribution in [0.4, 0.5) is 5.69 Å². The van der Waals surface area contributed by atoms with Gasteiger partial charge in [-0.05, 0) is 46.8 Å². The van der Waals surface area contributed by atoms with Crippen LogP contribution in [0.3, 0.4) is 0 Å². The monoisotopic (exact) mass is 373 g/mol. The lowest BCUT2D eigenvalue weighted by molar-refractivity contribution is -0.135. The van der Waals surface area contributed by atoms with Gasteiger partial charge in [0, 0.05) is 17.8 Å². The Morgan fingerprint density at radius 1 is 1.33 bits per heavy atom. The van der Waals surface area contributed by atoms with Gasteiger partial charge >= 0.3 is 5.97 Å². The van der Waals surface area contributed by atoms with E-state index < -0.39 is 11.4 Å². The quantitative estimate of drug-likeness (QED) is 0.537. The first-order chi connectivity index (χ1) is 12.6. The molecule has 0 atom stereocenters. The van der Waals surface area contributed by atoms with Gasteiger partial charge in [0.15, 0.2) is 0 Å². The third-order valence-corrected chi connectivity index (χ3v) is 3.63. The zero-order chi connectivity index (χ0) is 20.6. The Morgan fingerprint density at radius 3 is 2.56 bits per heavy atom. The molecule has 1 amide bonds. The second-order valence-electron chi connectivity index (χ2n) is 7.07. The van der Waals surface area contributed by atoms with E-state index in [9.17, 15) is 14.9 Å². The van der Waals surface area contributed by atoms with Crippen LogP contribution in [-0.4, -0.2) is 31.6 Å². The topological polar surface area (TPSA) is 100 Å². The number of hydrogen-bond acceptors (Lipinski definition) is 6. The van der Waals surface area contributed by atoms with E-state index in [1.54, 1.807) is 39.0 Å². The molecule has 0 fully saturated rings. The first kappa shape index (κ1) is 22.0. The predicted molar refractivity (Wildman–Crippen MR) is 103 cm³/mol. The average molecular weight is 373 g/mol. The number of carbonyl (C=O) groups is 2. The lowest BCUT2D eigenvalue weighted by atomic mass is 9.93. The Hall–Kier alpha value is -3.01. The van der Waals surface area contributed by atoms with Crippen LogP contribution in [0.25, 0.3) is 0 Å². The van der Waals surface area contributed by atoms with Crippen LogP contribution in [0.2, 0.25) is 0 Å². The van der Waals surface area contributed by atoms with Crippen LogP contribution in [0.15, 0.2) is 30.0 Å². The molecule has 0 unspecified atom stereocenters. The molecule has 146 valence electrons. The number of benzene rings is 1. The van der Waals surface area contributed by atoms with Crippen molar-refractivity contribution < 1.29 is 19.1 Å². The molecular formula is C20H27N3O4. The van der Waals surface area contributed by atoms with E-state index in [0.717, 1.165) is 0 Å². The van der Waals surface area contributed by atoms with Crippen molar-refractivity contribution in [3.05, 3.63) is 35.5 Å². The van der Waals surface area contributed by atoms with Crippen LogP contribution < -0.4 is 15.4 Å². The van der Waals surface area contributed by atoms with Gasteiger partial charge < -0.3 is 20.1 Å². The molecule has 1 aromatic carbocycles. The zero-order valence-electron chi connectivity index (χ0n) is 16.7. The molecule has 1 aromatic rings. The second kappa shape index (κ2) is 9.62. The summed E-state index contributed by atoms with van der Waals surface area (Å²) in [5.74, 6) is -0.259. The molecule has 0 saturated carbocycles. The van der Waals surface area contributed by atoms with Crippen molar-refractivity contribution in [1.29, 1.82) is 5.26 Å². The molecule has 0 aliphatic carbocycles. The van der Waals surface area contributed by atoms with E-state index in [0.29, 0.717) is 17.1 Å². The fraction of sp³-hybridized carbons (Fsp3) is 0.450. The minimum absolute atomic E-state index is 0.0311. The molecule has 0 aliphatic heterocycles. The van der Waals surface area contributed by atoms with Crippen LogP contribution in [0.1, 0.15) is 40.2 Å². The summed E-state index contributed by atoms with van der Waals surface area (Å²) in [7, 11) is 1.29. The van der Waals surface area contributed by atoms with Gasteiger partial charge in [0.25, 0.3) is 0 Å². The van der Waals surface area contributed by atoms with Gasteiger partial charge in [-0.15, -0.1) is 0 Å². The van der Waals surface area contributed by atoms with Gasteiger partial charge in [0.2, 0.25) is 5.91 Å². The molecule has 0 aliphatic rings. The SMILES string of the molecule is COC(=O)/C=C(/C)Nc1cccc(OCC(C)(C)C(=O)NC(C)C)c1C#N. The summed E-state index contributed by atoms with van der Waals surface area (Å²) in [6.45, 7) is 9.14. The summed E-state index contributed by atoms with van der Waals surface area (Å²) in [6, 6.07) is 7.23. The maximum absolute atomic E-state index is 12.3. The number of allylic oxidation sites excluding steroid dienone is 1. The first-order valence-corrected chi connectivity index (χ1v) is 8.61. The Bertz CT molecular complexity index is 761. The molecule has 2 N–H and O–H groups in total. The first-order valence-electron chi connectivity index (χ1n) is 8.61.